The summed E-state index contributed by atoms with van der Waals surface area (Å²) in [4.78, 5) is 29.0. The van der Waals surface area contributed by atoms with Crippen molar-refractivity contribution in [2.75, 3.05) is 0 Å². The lowest BCUT2D eigenvalue weighted by Gasteiger charge is -2.12. The third-order valence-corrected chi connectivity index (χ3v) is 6.29. The van der Waals surface area contributed by atoms with E-state index in [1.807, 2.05) is 29.2 Å². The minimum atomic E-state index is -0.316. The van der Waals surface area contributed by atoms with Gasteiger partial charge in [0, 0.05) is 19.3 Å². The van der Waals surface area contributed by atoms with Gasteiger partial charge in [-0.25, -0.2) is 4.79 Å². The van der Waals surface area contributed by atoms with Crippen LogP contribution in [0.3, 0.4) is 0 Å². The number of rotatable bonds is 10. The molecular formula is C25H30ClN5O2. The molecule has 0 fully saturated rings. The Labute approximate surface area is 197 Å². The molecule has 0 aliphatic carbocycles. The zero-order valence-corrected chi connectivity index (χ0v) is 19.9. The van der Waals surface area contributed by atoms with E-state index in [-0.39, 0.29) is 11.2 Å². The van der Waals surface area contributed by atoms with Crippen molar-refractivity contribution < 1.29 is 0 Å². The van der Waals surface area contributed by atoms with Crippen LogP contribution in [0.2, 0.25) is 5.15 Å². The number of fused-ring (bicyclic) bond motifs is 1. The highest BCUT2D eigenvalue weighted by Crippen LogP contribution is 2.16. The van der Waals surface area contributed by atoms with Gasteiger partial charge in [-0.3, -0.25) is 18.6 Å². The second-order valence-electron chi connectivity index (χ2n) is 8.55. The molecule has 3 heterocycles. The summed E-state index contributed by atoms with van der Waals surface area (Å²) in [5.41, 5.74) is 3.95. The average molecular weight is 468 g/mol. The van der Waals surface area contributed by atoms with Gasteiger partial charge in [0.25, 0.3) is 5.56 Å². The zero-order chi connectivity index (χ0) is 23.4. The van der Waals surface area contributed by atoms with E-state index in [1.165, 1.54) is 15.7 Å². The van der Waals surface area contributed by atoms with E-state index >= 15 is 0 Å². The molecule has 1 aromatic carbocycles. The predicted octanol–water partition coefficient (Wildman–Crippen LogP) is 4.52. The lowest BCUT2D eigenvalue weighted by atomic mass is 10.1. The van der Waals surface area contributed by atoms with Crippen molar-refractivity contribution in [2.24, 2.45) is 0 Å². The fourth-order valence-electron chi connectivity index (χ4n) is 4.22. The molecule has 33 heavy (non-hydrogen) atoms. The summed E-state index contributed by atoms with van der Waals surface area (Å²) in [5, 5.41) is 4.84. The topological polar surface area (TPSA) is 77.6 Å². The molecule has 0 saturated heterocycles. The van der Waals surface area contributed by atoms with E-state index in [2.05, 4.69) is 36.1 Å². The maximum atomic E-state index is 13.1. The van der Waals surface area contributed by atoms with Gasteiger partial charge >= 0.3 is 5.69 Å². The minimum absolute atomic E-state index is 0.269. The van der Waals surface area contributed by atoms with Crippen LogP contribution in [0.25, 0.3) is 11.0 Å². The Kier molecular flexibility index (Phi) is 7.18. The van der Waals surface area contributed by atoms with Gasteiger partial charge in [0.15, 0.2) is 0 Å². The van der Waals surface area contributed by atoms with Crippen LogP contribution in [0, 0.1) is 6.92 Å². The van der Waals surface area contributed by atoms with Gasteiger partial charge in [0.05, 0.1) is 18.3 Å². The fourth-order valence-corrected chi connectivity index (χ4v) is 4.41. The SMILES string of the molecule is CCCCCn1c(=O)n(CCCc2cnn(Cc3ccccc3C)c2)c(=O)c2[nH]c(Cl)cc21. The zero-order valence-electron chi connectivity index (χ0n) is 19.2. The monoisotopic (exact) mass is 467 g/mol. The summed E-state index contributed by atoms with van der Waals surface area (Å²) in [5.74, 6) is 0. The maximum absolute atomic E-state index is 13.1. The summed E-state index contributed by atoms with van der Waals surface area (Å²) in [6, 6.07) is 9.94. The molecule has 3 aromatic heterocycles. The molecule has 7 nitrogen and oxygen atoms in total. The quantitative estimate of drug-likeness (QED) is 0.348. The molecule has 8 heteroatoms. The number of aromatic amines is 1. The molecule has 4 rings (SSSR count). The molecule has 0 unspecified atom stereocenters. The fraction of sp³-hybridized carbons (Fsp3) is 0.400. The van der Waals surface area contributed by atoms with Crippen LogP contribution < -0.4 is 11.2 Å². The molecule has 0 atom stereocenters. The first-order chi connectivity index (χ1) is 16.0. The second-order valence-corrected chi connectivity index (χ2v) is 8.96. The molecule has 0 aliphatic heterocycles. The first kappa shape index (κ1) is 23.1. The normalized spacial score (nSPS) is 11.5. The third kappa shape index (κ3) is 5.14. The van der Waals surface area contributed by atoms with Crippen molar-refractivity contribution in [1.82, 2.24) is 23.9 Å². The number of aryl methyl sites for hydroxylation is 3. The highest BCUT2D eigenvalue weighted by molar-refractivity contribution is 6.30. The van der Waals surface area contributed by atoms with Crippen LogP contribution in [0.1, 0.15) is 49.3 Å². The van der Waals surface area contributed by atoms with Gasteiger partial charge < -0.3 is 4.98 Å². The lowest BCUT2D eigenvalue weighted by molar-refractivity contribution is 0.528. The summed E-state index contributed by atoms with van der Waals surface area (Å²) < 4.78 is 4.94. The van der Waals surface area contributed by atoms with Gasteiger partial charge in [-0.1, -0.05) is 55.6 Å². The minimum Gasteiger partial charge on any atom is -0.340 e. The number of hydrogen-bond acceptors (Lipinski definition) is 3. The highest BCUT2D eigenvalue weighted by atomic mass is 35.5. The van der Waals surface area contributed by atoms with Gasteiger partial charge in [0.1, 0.15) is 10.7 Å². The Hall–Kier alpha value is -3.06. The maximum Gasteiger partial charge on any atom is 0.331 e. The predicted molar refractivity (Wildman–Crippen MR) is 132 cm³/mol. The van der Waals surface area contributed by atoms with Gasteiger partial charge in [0.2, 0.25) is 0 Å². The number of nitrogens with zero attached hydrogens (tertiary/aromatic N) is 4. The van der Waals surface area contributed by atoms with E-state index in [0.717, 1.165) is 37.8 Å². The summed E-state index contributed by atoms with van der Waals surface area (Å²) in [7, 11) is 0. The Morgan fingerprint density at radius 2 is 1.85 bits per heavy atom. The van der Waals surface area contributed by atoms with Crippen LogP contribution in [-0.2, 0) is 26.1 Å². The summed E-state index contributed by atoms with van der Waals surface area (Å²) in [6.45, 7) is 5.86. The van der Waals surface area contributed by atoms with Crippen LogP contribution >= 0.6 is 11.6 Å². The largest absolute Gasteiger partial charge is 0.340 e. The van der Waals surface area contributed by atoms with Crippen molar-refractivity contribution >= 4 is 22.6 Å². The number of H-pyrrole nitrogens is 1. The lowest BCUT2D eigenvalue weighted by Crippen LogP contribution is -2.40. The van der Waals surface area contributed by atoms with E-state index in [1.54, 1.807) is 10.6 Å². The van der Waals surface area contributed by atoms with Crippen LogP contribution in [0.15, 0.2) is 52.3 Å². The van der Waals surface area contributed by atoms with E-state index in [0.29, 0.717) is 35.7 Å². The molecular weight excluding hydrogens is 438 g/mol. The van der Waals surface area contributed by atoms with Crippen molar-refractivity contribution in [3.63, 3.8) is 0 Å². The number of aromatic nitrogens is 5. The van der Waals surface area contributed by atoms with E-state index in [4.69, 9.17) is 11.6 Å². The average Bonchev–Trinajstić information content (AvgIpc) is 3.41. The van der Waals surface area contributed by atoms with Crippen molar-refractivity contribution in [1.29, 1.82) is 0 Å². The number of nitrogens with one attached hydrogen (secondary N) is 1. The van der Waals surface area contributed by atoms with Gasteiger partial charge in [-0.05, 0) is 48.9 Å². The first-order valence-corrected chi connectivity index (χ1v) is 11.9. The van der Waals surface area contributed by atoms with Crippen molar-refractivity contribution in [2.45, 2.75) is 65.6 Å². The Morgan fingerprint density at radius 1 is 1.06 bits per heavy atom. The number of unbranched alkanes of at least 4 members (excludes halogenated alkanes) is 2. The summed E-state index contributed by atoms with van der Waals surface area (Å²) in [6.07, 6.45) is 8.26. The molecule has 1 N–H and O–H groups in total. The van der Waals surface area contributed by atoms with Crippen molar-refractivity contribution in [3.8, 4) is 0 Å². The van der Waals surface area contributed by atoms with Gasteiger partial charge in [-0.2, -0.15) is 5.10 Å². The molecule has 4 aromatic rings. The number of benzene rings is 1. The van der Waals surface area contributed by atoms with Crippen LogP contribution in [0.5, 0.6) is 0 Å². The molecule has 0 radical (unpaired) electrons. The van der Waals surface area contributed by atoms with E-state index in [9.17, 15) is 9.59 Å². The first-order valence-electron chi connectivity index (χ1n) is 11.6. The van der Waals surface area contributed by atoms with E-state index < -0.39 is 0 Å². The Morgan fingerprint density at radius 3 is 2.64 bits per heavy atom. The number of halogens is 1. The molecule has 0 bridgehead atoms. The molecule has 0 aliphatic rings. The smallest absolute Gasteiger partial charge is 0.331 e. The Balaban J connectivity index is 1.48. The molecule has 0 amide bonds. The number of hydrogen-bond donors (Lipinski definition) is 1. The molecule has 0 spiro atoms. The molecule has 0 saturated carbocycles. The van der Waals surface area contributed by atoms with Crippen molar-refractivity contribution in [3.05, 3.63) is 85.4 Å². The van der Waals surface area contributed by atoms with Crippen LogP contribution in [-0.4, -0.2) is 23.9 Å². The van der Waals surface area contributed by atoms with Crippen LogP contribution in [0.4, 0.5) is 0 Å². The third-order valence-electron chi connectivity index (χ3n) is 6.09. The summed E-state index contributed by atoms with van der Waals surface area (Å²) >= 11 is 6.12. The molecule has 174 valence electrons. The standard InChI is InChI=1S/C25H30ClN5O2/c1-3-4-7-12-30-21-14-22(26)28-23(21)24(32)31(25(30)33)13-8-10-19-15-27-29(16-19)17-20-11-6-5-9-18(20)2/h5-6,9,11,14-16,28H,3-4,7-8,10,12-13,17H2,1-2H3. The Bertz CT molecular complexity index is 1360. The second kappa shape index (κ2) is 10.3. The van der Waals surface area contributed by atoms with Gasteiger partial charge in [-0.15, -0.1) is 0 Å². The highest BCUT2D eigenvalue weighted by Gasteiger charge is 2.15.